The van der Waals surface area contributed by atoms with E-state index in [-0.39, 0.29) is 12.1 Å². The maximum absolute atomic E-state index is 9.29. The van der Waals surface area contributed by atoms with E-state index in [1.54, 1.807) is 0 Å². The van der Waals surface area contributed by atoms with Gasteiger partial charge in [0.2, 0.25) is 0 Å². The van der Waals surface area contributed by atoms with E-state index in [9.17, 15) is 5.11 Å². The Hall–Kier alpha value is -1.06. The summed E-state index contributed by atoms with van der Waals surface area (Å²) >= 11 is 0. The number of aliphatic hydroxyl groups is 1. The molecule has 0 aliphatic heterocycles. The Morgan fingerprint density at radius 1 is 1.28 bits per heavy atom. The molecule has 0 aliphatic rings. The molecule has 0 spiro atoms. The van der Waals surface area contributed by atoms with Crippen LogP contribution in [0.3, 0.4) is 0 Å². The van der Waals surface area contributed by atoms with E-state index < -0.39 is 0 Å². The molecule has 102 valence electrons. The van der Waals surface area contributed by atoms with Gasteiger partial charge in [-0.3, -0.25) is 0 Å². The first-order chi connectivity index (χ1) is 8.52. The van der Waals surface area contributed by atoms with Crippen LogP contribution < -0.4 is 10.1 Å². The van der Waals surface area contributed by atoms with Crippen LogP contribution in [-0.4, -0.2) is 30.9 Å². The van der Waals surface area contributed by atoms with Crippen molar-refractivity contribution in [1.29, 1.82) is 0 Å². The van der Waals surface area contributed by atoms with Gasteiger partial charge in [-0.1, -0.05) is 18.2 Å². The monoisotopic (exact) mass is 251 g/mol. The summed E-state index contributed by atoms with van der Waals surface area (Å²) < 4.78 is 5.84. The third-order valence-corrected chi connectivity index (χ3v) is 3.48. The number of rotatable bonds is 7. The Bertz CT molecular complexity index is 353. The lowest BCUT2D eigenvalue weighted by molar-refractivity contribution is 0.163. The van der Waals surface area contributed by atoms with Crippen LogP contribution in [0.25, 0.3) is 0 Å². The van der Waals surface area contributed by atoms with Crippen LogP contribution in [0.4, 0.5) is 0 Å². The van der Waals surface area contributed by atoms with Crippen LogP contribution in [0.2, 0.25) is 0 Å². The van der Waals surface area contributed by atoms with Crippen molar-refractivity contribution >= 4 is 0 Å². The Kier molecular flexibility index (Phi) is 5.63. The molecule has 0 bridgehead atoms. The molecule has 0 fully saturated rings. The molecule has 2 N–H and O–H groups in total. The van der Waals surface area contributed by atoms with Gasteiger partial charge < -0.3 is 15.2 Å². The van der Waals surface area contributed by atoms with Gasteiger partial charge in [0, 0.05) is 5.54 Å². The summed E-state index contributed by atoms with van der Waals surface area (Å²) in [4.78, 5) is 0. The molecule has 0 aliphatic carbocycles. The normalized spacial score (nSPS) is 14.3. The van der Waals surface area contributed by atoms with Gasteiger partial charge in [0.05, 0.1) is 13.2 Å². The maximum Gasteiger partial charge on any atom is 0.125 e. The predicted molar refractivity (Wildman–Crippen MR) is 75.2 cm³/mol. The Balaban J connectivity index is 2.43. The van der Waals surface area contributed by atoms with E-state index in [4.69, 9.17) is 4.74 Å². The summed E-state index contributed by atoms with van der Waals surface area (Å²) in [5.74, 6) is 0.993. The Labute approximate surface area is 110 Å². The van der Waals surface area contributed by atoms with Crippen LogP contribution in [0.15, 0.2) is 18.2 Å². The zero-order valence-corrected chi connectivity index (χ0v) is 11.9. The number of hydrogen-bond donors (Lipinski definition) is 2. The largest absolute Gasteiger partial charge is 0.493 e. The summed E-state index contributed by atoms with van der Waals surface area (Å²) in [5.41, 5.74) is 2.14. The average molecular weight is 251 g/mol. The summed E-state index contributed by atoms with van der Waals surface area (Å²) in [5, 5.41) is 12.4. The number of aliphatic hydroxyl groups excluding tert-OH is 1. The van der Waals surface area contributed by atoms with Crippen molar-refractivity contribution in [3.8, 4) is 5.75 Å². The minimum absolute atomic E-state index is 0.146. The molecule has 0 heterocycles. The highest BCUT2D eigenvalue weighted by atomic mass is 16.5. The van der Waals surface area contributed by atoms with E-state index in [0.29, 0.717) is 6.61 Å². The third kappa shape index (κ3) is 4.00. The number of nitrogens with one attached hydrogen (secondary N) is 1. The highest BCUT2D eigenvalue weighted by Gasteiger charge is 2.19. The van der Waals surface area contributed by atoms with Gasteiger partial charge in [-0.05, 0) is 51.8 Å². The smallest absolute Gasteiger partial charge is 0.125 e. The van der Waals surface area contributed by atoms with E-state index in [2.05, 4.69) is 31.3 Å². The number of likely N-dealkylation sites (N-methyl/N-ethyl adjacent to an activating group) is 1. The van der Waals surface area contributed by atoms with Crippen molar-refractivity contribution in [3.63, 3.8) is 0 Å². The van der Waals surface area contributed by atoms with Crippen molar-refractivity contribution in [3.05, 3.63) is 29.3 Å². The topological polar surface area (TPSA) is 41.5 Å². The van der Waals surface area contributed by atoms with Crippen LogP contribution >= 0.6 is 0 Å². The Morgan fingerprint density at radius 2 is 1.89 bits per heavy atom. The SMILES string of the molecule is CNC(C)(CO)CCCOc1c(C)cccc1C. The van der Waals surface area contributed by atoms with Gasteiger partial charge in [0.25, 0.3) is 0 Å². The number of aryl methyl sites for hydroxylation is 2. The second-order valence-corrected chi connectivity index (χ2v) is 5.14. The summed E-state index contributed by atoms with van der Waals surface area (Å²) in [6, 6.07) is 6.17. The molecule has 0 radical (unpaired) electrons. The van der Waals surface area contributed by atoms with Crippen molar-refractivity contribution in [2.45, 2.75) is 39.2 Å². The maximum atomic E-state index is 9.29. The molecule has 0 aromatic heterocycles. The van der Waals surface area contributed by atoms with E-state index in [0.717, 1.165) is 18.6 Å². The minimum Gasteiger partial charge on any atom is -0.493 e. The highest BCUT2D eigenvalue weighted by Crippen LogP contribution is 2.22. The second kappa shape index (κ2) is 6.76. The van der Waals surface area contributed by atoms with Crippen LogP contribution in [-0.2, 0) is 0 Å². The molecule has 0 saturated heterocycles. The van der Waals surface area contributed by atoms with Crippen LogP contribution in [0.5, 0.6) is 5.75 Å². The first-order valence-electron chi connectivity index (χ1n) is 6.51. The molecule has 1 aromatic rings. The molecular weight excluding hydrogens is 226 g/mol. The quantitative estimate of drug-likeness (QED) is 0.731. The molecule has 0 saturated carbocycles. The lowest BCUT2D eigenvalue weighted by atomic mass is 9.97. The second-order valence-electron chi connectivity index (χ2n) is 5.14. The molecule has 18 heavy (non-hydrogen) atoms. The van der Waals surface area contributed by atoms with Crippen molar-refractivity contribution < 1.29 is 9.84 Å². The predicted octanol–water partition coefficient (Wildman–Crippen LogP) is 2.43. The molecular formula is C15H25NO2. The molecule has 3 nitrogen and oxygen atoms in total. The summed E-state index contributed by atoms with van der Waals surface area (Å²) in [6.45, 7) is 6.98. The average Bonchev–Trinajstić information content (AvgIpc) is 2.37. The van der Waals surface area contributed by atoms with Gasteiger partial charge in [0.15, 0.2) is 0 Å². The molecule has 1 aromatic carbocycles. The lowest BCUT2D eigenvalue weighted by Crippen LogP contribution is -2.43. The number of ether oxygens (including phenoxy) is 1. The fourth-order valence-corrected chi connectivity index (χ4v) is 1.95. The van der Waals surface area contributed by atoms with Crippen molar-refractivity contribution in [2.75, 3.05) is 20.3 Å². The standard InChI is InChI=1S/C15H25NO2/c1-12-7-5-8-13(2)14(12)18-10-6-9-15(3,11-17)16-4/h5,7-8,16-17H,6,9-11H2,1-4H3. The van der Waals surface area contributed by atoms with E-state index in [1.165, 1.54) is 11.1 Å². The van der Waals surface area contributed by atoms with Crippen LogP contribution in [0.1, 0.15) is 30.9 Å². The minimum atomic E-state index is -0.204. The van der Waals surface area contributed by atoms with Crippen LogP contribution in [0, 0.1) is 13.8 Å². The molecule has 3 heteroatoms. The number of benzene rings is 1. The fraction of sp³-hybridized carbons (Fsp3) is 0.600. The fourth-order valence-electron chi connectivity index (χ4n) is 1.95. The third-order valence-electron chi connectivity index (χ3n) is 3.48. The van der Waals surface area contributed by atoms with Gasteiger partial charge in [-0.2, -0.15) is 0 Å². The molecule has 0 amide bonds. The first-order valence-corrected chi connectivity index (χ1v) is 6.51. The first kappa shape index (κ1) is 15.0. The van der Waals surface area contributed by atoms with Crippen molar-refractivity contribution in [2.24, 2.45) is 0 Å². The number of para-hydroxylation sites is 1. The zero-order valence-electron chi connectivity index (χ0n) is 11.9. The van der Waals surface area contributed by atoms with Gasteiger partial charge in [-0.15, -0.1) is 0 Å². The number of hydrogen-bond acceptors (Lipinski definition) is 3. The summed E-state index contributed by atoms with van der Waals surface area (Å²) in [6.07, 6.45) is 1.82. The summed E-state index contributed by atoms with van der Waals surface area (Å²) in [7, 11) is 1.88. The van der Waals surface area contributed by atoms with Crippen molar-refractivity contribution in [1.82, 2.24) is 5.32 Å². The molecule has 1 unspecified atom stereocenters. The van der Waals surface area contributed by atoms with Gasteiger partial charge >= 0.3 is 0 Å². The zero-order chi connectivity index (χ0) is 13.6. The molecule has 1 rings (SSSR count). The molecule has 1 atom stereocenters. The van der Waals surface area contributed by atoms with Gasteiger partial charge in [0.1, 0.15) is 5.75 Å². The highest BCUT2D eigenvalue weighted by molar-refractivity contribution is 5.39. The van der Waals surface area contributed by atoms with E-state index in [1.807, 2.05) is 20.0 Å². The van der Waals surface area contributed by atoms with E-state index >= 15 is 0 Å². The van der Waals surface area contributed by atoms with Gasteiger partial charge in [-0.25, -0.2) is 0 Å². The Morgan fingerprint density at radius 3 is 2.39 bits per heavy atom. The lowest BCUT2D eigenvalue weighted by Gasteiger charge is -2.26.